The van der Waals surface area contributed by atoms with Crippen molar-refractivity contribution < 1.29 is 18.3 Å². The quantitative estimate of drug-likeness (QED) is 0.607. The third-order valence-electron chi connectivity index (χ3n) is 1.94. The molecule has 5 nitrogen and oxygen atoms in total. The van der Waals surface area contributed by atoms with Crippen molar-refractivity contribution in [3.05, 3.63) is 48.6 Å². The highest BCUT2D eigenvalue weighted by atomic mass is 32.2. The Morgan fingerprint density at radius 2 is 1.94 bits per heavy atom. The second-order valence-corrected chi connectivity index (χ2v) is 5.23. The minimum Gasteiger partial charge on any atom is -0.478 e. The Morgan fingerprint density at radius 1 is 1.33 bits per heavy atom. The van der Waals surface area contributed by atoms with Crippen LogP contribution >= 0.6 is 0 Å². The van der Waals surface area contributed by atoms with Gasteiger partial charge in [0.25, 0.3) is 0 Å². The maximum atomic E-state index is 11.4. The van der Waals surface area contributed by atoms with Gasteiger partial charge in [-0.25, -0.2) is 13.2 Å². The topological polar surface area (TPSA) is 83.5 Å². The van der Waals surface area contributed by atoms with E-state index >= 15 is 0 Å². The lowest BCUT2D eigenvalue weighted by molar-refractivity contribution is -0.131. The number of anilines is 1. The van der Waals surface area contributed by atoms with Gasteiger partial charge in [0, 0.05) is 11.8 Å². The Morgan fingerprint density at radius 3 is 2.44 bits per heavy atom. The summed E-state index contributed by atoms with van der Waals surface area (Å²) in [6.45, 7) is 3.36. The lowest BCUT2D eigenvalue weighted by Gasteiger charge is -2.05. The maximum absolute atomic E-state index is 11.4. The van der Waals surface area contributed by atoms with Gasteiger partial charge in [0.1, 0.15) is 0 Å². The van der Waals surface area contributed by atoms with Crippen molar-refractivity contribution in [1.82, 2.24) is 0 Å². The first-order valence-corrected chi connectivity index (χ1v) is 6.70. The van der Waals surface area contributed by atoms with Gasteiger partial charge in [0.15, 0.2) is 0 Å². The van der Waals surface area contributed by atoms with Gasteiger partial charge in [-0.1, -0.05) is 18.2 Å². The first-order chi connectivity index (χ1) is 8.43. The van der Waals surface area contributed by atoms with Crippen molar-refractivity contribution in [1.29, 1.82) is 0 Å². The van der Waals surface area contributed by atoms with E-state index in [1.54, 1.807) is 24.3 Å². The summed E-state index contributed by atoms with van der Waals surface area (Å²) in [6, 6.07) is 6.35. The minimum atomic E-state index is -3.40. The fraction of sp³-hybridized carbons (Fsp3) is 0.0833. The van der Waals surface area contributed by atoms with Crippen LogP contribution in [-0.2, 0) is 14.8 Å². The molecule has 0 bridgehead atoms. The van der Waals surface area contributed by atoms with Crippen LogP contribution < -0.4 is 4.72 Å². The Labute approximate surface area is 106 Å². The molecular formula is C12H13NO4S. The molecule has 1 rings (SSSR count). The molecule has 0 saturated heterocycles. The summed E-state index contributed by atoms with van der Waals surface area (Å²) in [6.07, 6.45) is 3.73. The summed E-state index contributed by atoms with van der Waals surface area (Å²) in [7, 11) is -3.40. The van der Waals surface area contributed by atoms with Gasteiger partial charge in [-0.05, 0) is 23.8 Å². The number of rotatable bonds is 6. The second kappa shape index (κ2) is 6.02. The van der Waals surface area contributed by atoms with Gasteiger partial charge in [-0.2, -0.15) is 0 Å². The molecule has 96 valence electrons. The van der Waals surface area contributed by atoms with E-state index in [4.69, 9.17) is 5.11 Å². The molecule has 0 unspecified atom stereocenters. The van der Waals surface area contributed by atoms with Crippen molar-refractivity contribution in [3.63, 3.8) is 0 Å². The van der Waals surface area contributed by atoms with Gasteiger partial charge in [-0.15, -0.1) is 6.58 Å². The van der Waals surface area contributed by atoms with Crippen LogP contribution in [0.2, 0.25) is 0 Å². The normalized spacial score (nSPS) is 11.3. The third-order valence-corrected chi connectivity index (χ3v) is 3.16. The van der Waals surface area contributed by atoms with E-state index in [-0.39, 0.29) is 5.75 Å². The molecule has 0 atom stereocenters. The molecule has 0 aliphatic carbocycles. The van der Waals surface area contributed by atoms with Crippen LogP contribution in [0.25, 0.3) is 6.08 Å². The van der Waals surface area contributed by atoms with Crippen LogP contribution in [0.5, 0.6) is 0 Å². The van der Waals surface area contributed by atoms with E-state index in [1.807, 2.05) is 0 Å². The number of benzene rings is 1. The summed E-state index contributed by atoms with van der Waals surface area (Å²) < 4.78 is 25.2. The smallest absolute Gasteiger partial charge is 0.328 e. The van der Waals surface area contributed by atoms with Crippen LogP contribution in [-0.4, -0.2) is 25.2 Å². The highest BCUT2D eigenvalue weighted by molar-refractivity contribution is 7.92. The Bertz CT molecular complexity index is 558. The molecule has 0 radical (unpaired) electrons. The monoisotopic (exact) mass is 267 g/mol. The van der Waals surface area contributed by atoms with Crippen molar-refractivity contribution in [2.24, 2.45) is 0 Å². The molecular weight excluding hydrogens is 254 g/mol. The van der Waals surface area contributed by atoms with Gasteiger partial charge in [-0.3, -0.25) is 4.72 Å². The van der Waals surface area contributed by atoms with Crippen LogP contribution in [0.1, 0.15) is 5.56 Å². The van der Waals surface area contributed by atoms with Crippen LogP contribution in [0.4, 0.5) is 5.69 Å². The first kappa shape index (κ1) is 14.0. The maximum Gasteiger partial charge on any atom is 0.328 e. The Hall–Kier alpha value is -2.08. The average molecular weight is 267 g/mol. The highest BCUT2D eigenvalue weighted by Crippen LogP contribution is 2.12. The molecule has 0 aliphatic heterocycles. The molecule has 18 heavy (non-hydrogen) atoms. The van der Waals surface area contributed by atoms with Gasteiger partial charge < -0.3 is 5.11 Å². The summed E-state index contributed by atoms with van der Waals surface area (Å²) in [4.78, 5) is 10.3. The molecule has 0 spiro atoms. The van der Waals surface area contributed by atoms with E-state index < -0.39 is 16.0 Å². The number of carbonyl (C=O) groups is 1. The highest BCUT2D eigenvalue weighted by Gasteiger charge is 2.06. The second-order valence-electron chi connectivity index (χ2n) is 3.47. The number of aliphatic carboxylic acids is 1. The van der Waals surface area contributed by atoms with Gasteiger partial charge >= 0.3 is 5.97 Å². The summed E-state index contributed by atoms with van der Waals surface area (Å²) >= 11 is 0. The summed E-state index contributed by atoms with van der Waals surface area (Å²) in [5, 5.41) is 8.45. The van der Waals surface area contributed by atoms with Crippen molar-refractivity contribution in [3.8, 4) is 0 Å². The largest absolute Gasteiger partial charge is 0.478 e. The van der Waals surface area contributed by atoms with E-state index in [1.165, 1.54) is 12.2 Å². The fourth-order valence-electron chi connectivity index (χ4n) is 1.21. The molecule has 2 N–H and O–H groups in total. The molecule has 0 aromatic heterocycles. The SMILES string of the molecule is C=CCS(=O)(=O)Nc1ccc(C=CC(=O)O)cc1. The van der Waals surface area contributed by atoms with Crippen molar-refractivity contribution >= 4 is 27.8 Å². The number of sulfonamides is 1. The minimum absolute atomic E-state index is 0.159. The number of hydrogen-bond donors (Lipinski definition) is 2. The number of hydrogen-bond acceptors (Lipinski definition) is 3. The van der Waals surface area contributed by atoms with E-state index in [2.05, 4.69) is 11.3 Å². The average Bonchev–Trinajstić information content (AvgIpc) is 2.27. The summed E-state index contributed by atoms with van der Waals surface area (Å²) in [5.41, 5.74) is 1.09. The molecule has 1 aromatic rings. The standard InChI is InChI=1S/C12H13NO4S/c1-2-9-18(16,17)13-11-6-3-10(4-7-11)5-8-12(14)15/h2-8,13H,1,9H2,(H,14,15). The Balaban J connectivity index is 2.78. The lowest BCUT2D eigenvalue weighted by atomic mass is 10.2. The third kappa shape index (κ3) is 4.84. The Kier molecular flexibility index (Phi) is 4.67. The molecule has 0 fully saturated rings. The zero-order valence-corrected chi connectivity index (χ0v) is 10.4. The predicted molar refractivity (Wildman–Crippen MR) is 70.7 cm³/mol. The van der Waals surface area contributed by atoms with E-state index in [0.29, 0.717) is 11.3 Å². The fourth-order valence-corrected chi connectivity index (χ4v) is 2.09. The predicted octanol–water partition coefficient (Wildman–Crippen LogP) is 1.71. The number of nitrogens with one attached hydrogen (secondary N) is 1. The molecule has 0 saturated carbocycles. The van der Waals surface area contributed by atoms with Crippen LogP contribution in [0, 0.1) is 0 Å². The molecule has 6 heteroatoms. The zero-order valence-electron chi connectivity index (χ0n) is 9.54. The van der Waals surface area contributed by atoms with Gasteiger partial charge in [0.05, 0.1) is 5.75 Å². The van der Waals surface area contributed by atoms with Gasteiger partial charge in [0.2, 0.25) is 10.0 Å². The lowest BCUT2D eigenvalue weighted by Crippen LogP contribution is -2.14. The van der Waals surface area contributed by atoms with Crippen LogP contribution in [0.15, 0.2) is 43.0 Å². The van der Waals surface area contributed by atoms with Crippen molar-refractivity contribution in [2.45, 2.75) is 0 Å². The van der Waals surface area contributed by atoms with E-state index in [0.717, 1.165) is 6.08 Å². The summed E-state index contributed by atoms with van der Waals surface area (Å²) in [5.74, 6) is -1.20. The van der Waals surface area contributed by atoms with E-state index in [9.17, 15) is 13.2 Å². The molecule has 0 heterocycles. The zero-order chi connectivity index (χ0) is 13.6. The molecule has 0 amide bonds. The number of carboxylic acids is 1. The van der Waals surface area contributed by atoms with Crippen LogP contribution in [0.3, 0.4) is 0 Å². The molecule has 0 aliphatic rings. The number of carboxylic acid groups (broad SMARTS) is 1. The van der Waals surface area contributed by atoms with Crippen molar-refractivity contribution in [2.75, 3.05) is 10.5 Å². The molecule has 1 aromatic carbocycles. The first-order valence-electron chi connectivity index (χ1n) is 5.05.